The van der Waals surface area contributed by atoms with E-state index in [9.17, 15) is 9.59 Å². The normalized spacial score (nSPS) is 13.6. The Labute approximate surface area is 270 Å². The molecule has 1 aliphatic heterocycles. The van der Waals surface area contributed by atoms with Crippen molar-refractivity contribution in [2.24, 2.45) is 0 Å². The number of hydrogen-bond acceptors (Lipinski definition) is 4. The lowest BCUT2D eigenvalue weighted by Gasteiger charge is -2.32. The van der Waals surface area contributed by atoms with E-state index in [-0.39, 0.29) is 11.9 Å². The van der Waals surface area contributed by atoms with Crippen LogP contribution in [-0.2, 0) is 6.54 Å². The molecule has 5 aromatic carbocycles. The van der Waals surface area contributed by atoms with E-state index < -0.39 is 12.1 Å². The molecule has 1 fully saturated rings. The van der Waals surface area contributed by atoms with E-state index in [1.165, 1.54) is 5.56 Å². The van der Waals surface area contributed by atoms with E-state index in [0.29, 0.717) is 22.7 Å². The highest BCUT2D eigenvalue weighted by Crippen LogP contribution is 2.32. The summed E-state index contributed by atoms with van der Waals surface area (Å²) in [6.45, 7) is 2.70. The minimum atomic E-state index is -0.435. The Morgan fingerprint density at radius 2 is 1.22 bits per heavy atom. The highest BCUT2D eigenvalue weighted by Gasteiger charge is 2.25. The number of carbonyl (C=O) groups excluding carboxylic acids is 2. The predicted octanol–water partition coefficient (Wildman–Crippen LogP) is 7.89. The van der Waals surface area contributed by atoms with Crippen LogP contribution in [0.25, 0.3) is 0 Å². The molecule has 0 bridgehead atoms. The molecule has 0 unspecified atom stereocenters. The van der Waals surface area contributed by atoms with Crippen molar-refractivity contribution in [2.75, 3.05) is 23.7 Å². The largest absolute Gasteiger partial charge is 0.480 e. The second-order valence-corrected chi connectivity index (χ2v) is 11.5. The van der Waals surface area contributed by atoms with Crippen LogP contribution in [0.3, 0.4) is 0 Å². The molecule has 3 amide bonds. The number of benzene rings is 5. The maximum Gasteiger partial charge on any atom is 0.323 e. The van der Waals surface area contributed by atoms with Gasteiger partial charge in [0.05, 0.1) is 5.56 Å². The van der Waals surface area contributed by atoms with E-state index in [0.717, 1.165) is 43.6 Å². The zero-order chi connectivity index (χ0) is 31.6. The first-order chi connectivity index (χ1) is 22.6. The topological polar surface area (TPSA) is 82.7 Å². The summed E-state index contributed by atoms with van der Waals surface area (Å²) in [5.74, 6) is 0.203. The zero-order valence-electron chi connectivity index (χ0n) is 25.6. The van der Waals surface area contributed by atoms with Crippen molar-refractivity contribution in [3.63, 3.8) is 0 Å². The number of carbonyl (C=O) groups is 2. The van der Waals surface area contributed by atoms with E-state index in [1.807, 2.05) is 97.1 Å². The van der Waals surface area contributed by atoms with Gasteiger partial charge in [-0.2, -0.15) is 0 Å². The number of nitrogens with zero attached hydrogens (tertiary/aromatic N) is 1. The first-order valence-electron chi connectivity index (χ1n) is 15.7. The van der Waals surface area contributed by atoms with Crippen molar-refractivity contribution < 1.29 is 14.3 Å². The molecule has 46 heavy (non-hydrogen) atoms. The molecular weight excluding hydrogens is 572 g/mol. The fraction of sp³-hybridized carbons (Fsp3) is 0.179. The summed E-state index contributed by atoms with van der Waals surface area (Å²) >= 11 is 0. The molecule has 5 aromatic rings. The molecule has 232 valence electrons. The van der Waals surface area contributed by atoms with Crippen molar-refractivity contribution in [1.29, 1.82) is 0 Å². The van der Waals surface area contributed by atoms with Crippen LogP contribution in [-0.4, -0.2) is 36.0 Å². The SMILES string of the molecule is O=C(Nc1ccccc1)Nc1ccc(OC(c2ccccc2)c2ccccc2)c(C(=O)NC2CCN(Cc3ccccc3)CC2)c1. The van der Waals surface area contributed by atoms with Gasteiger partial charge in [-0.15, -0.1) is 0 Å². The molecule has 6 rings (SSSR count). The molecular formula is C39H38N4O3. The van der Waals surface area contributed by atoms with Crippen LogP contribution in [0.5, 0.6) is 5.75 Å². The van der Waals surface area contributed by atoms with Crippen LogP contribution in [0.15, 0.2) is 140 Å². The lowest BCUT2D eigenvalue weighted by molar-refractivity contribution is 0.0903. The average Bonchev–Trinajstić information content (AvgIpc) is 3.10. The van der Waals surface area contributed by atoms with Gasteiger partial charge >= 0.3 is 6.03 Å². The van der Waals surface area contributed by atoms with Crippen LogP contribution in [0.2, 0.25) is 0 Å². The fourth-order valence-electron chi connectivity index (χ4n) is 5.75. The minimum absolute atomic E-state index is 0.0319. The highest BCUT2D eigenvalue weighted by molar-refractivity contribution is 6.02. The summed E-state index contributed by atoms with van der Waals surface area (Å²) < 4.78 is 6.67. The lowest BCUT2D eigenvalue weighted by Crippen LogP contribution is -2.44. The monoisotopic (exact) mass is 610 g/mol. The second kappa shape index (κ2) is 15.1. The predicted molar refractivity (Wildman–Crippen MR) is 183 cm³/mol. The number of nitrogens with one attached hydrogen (secondary N) is 3. The maximum absolute atomic E-state index is 14.0. The summed E-state index contributed by atoms with van der Waals surface area (Å²) in [4.78, 5) is 29.2. The molecule has 1 saturated heterocycles. The summed E-state index contributed by atoms with van der Waals surface area (Å²) in [5, 5.41) is 8.96. The van der Waals surface area contributed by atoms with Crippen molar-refractivity contribution >= 4 is 23.3 Å². The van der Waals surface area contributed by atoms with Gasteiger partial charge in [-0.3, -0.25) is 9.69 Å². The van der Waals surface area contributed by atoms with Crippen LogP contribution in [0.1, 0.15) is 46.0 Å². The van der Waals surface area contributed by atoms with Crippen LogP contribution in [0, 0.1) is 0 Å². The van der Waals surface area contributed by atoms with Crippen molar-refractivity contribution in [1.82, 2.24) is 10.2 Å². The lowest BCUT2D eigenvalue weighted by atomic mass is 10.0. The van der Waals surface area contributed by atoms with Gasteiger partial charge in [-0.1, -0.05) is 109 Å². The molecule has 0 aliphatic carbocycles. The molecule has 3 N–H and O–H groups in total. The molecule has 7 nitrogen and oxygen atoms in total. The summed E-state index contributed by atoms with van der Waals surface area (Å²) in [6.07, 6.45) is 1.27. The number of hydrogen-bond donors (Lipinski definition) is 3. The summed E-state index contributed by atoms with van der Waals surface area (Å²) in [5.41, 5.74) is 4.75. The van der Waals surface area contributed by atoms with E-state index in [1.54, 1.807) is 18.2 Å². The summed E-state index contributed by atoms with van der Waals surface area (Å²) in [6, 6.07) is 44.4. The van der Waals surface area contributed by atoms with Crippen LogP contribution in [0.4, 0.5) is 16.2 Å². The number of piperidine rings is 1. The molecule has 0 spiro atoms. The average molecular weight is 611 g/mol. The quantitative estimate of drug-likeness (QED) is 0.150. The number of urea groups is 1. The number of anilines is 2. The van der Waals surface area contributed by atoms with Crippen LogP contribution < -0.4 is 20.7 Å². The number of ether oxygens (including phenoxy) is 1. The number of amides is 3. The fourth-order valence-corrected chi connectivity index (χ4v) is 5.75. The van der Waals surface area contributed by atoms with Gasteiger partial charge in [-0.25, -0.2) is 4.79 Å². The zero-order valence-corrected chi connectivity index (χ0v) is 25.6. The maximum atomic E-state index is 14.0. The Hall–Kier alpha value is -5.40. The van der Waals surface area contributed by atoms with Gasteiger partial charge in [0.2, 0.25) is 0 Å². The molecule has 7 heteroatoms. The Balaban J connectivity index is 1.22. The number of rotatable bonds is 10. The second-order valence-electron chi connectivity index (χ2n) is 11.5. The van der Waals surface area contributed by atoms with E-state index in [4.69, 9.17) is 4.74 Å². The van der Waals surface area contributed by atoms with Crippen molar-refractivity contribution in [3.05, 3.63) is 162 Å². The molecule has 1 heterocycles. The Morgan fingerprint density at radius 1 is 0.674 bits per heavy atom. The van der Waals surface area contributed by atoms with Gasteiger partial charge in [-0.05, 0) is 59.9 Å². The third-order valence-electron chi connectivity index (χ3n) is 8.13. The van der Waals surface area contributed by atoms with Gasteiger partial charge in [0, 0.05) is 37.1 Å². The first kappa shape index (κ1) is 30.6. The molecule has 1 aliphatic rings. The Morgan fingerprint density at radius 3 is 1.83 bits per heavy atom. The third kappa shape index (κ3) is 8.20. The first-order valence-corrected chi connectivity index (χ1v) is 15.7. The smallest absolute Gasteiger partial charge is 0.323 e. The minimum Gasteiger partial charge on any atom is -0.480 e. The third-order valence-corrected chi connectivity index (χ3v) is 8.13. The number of para-hydroxylation sites is 1. The standard InChI is InChI=1S/C39H38N4O3/c44-38(40-33-23-25-43(26-24-33)28-29-13-5-1-6-14-29)35-27-34(42-39(45)41-32-19-11-4-12-20-32)21-22-36(35)46-37(30-15-7-2-8-16-30)31-17-9-3-10-18-31/h1-22,27,33,37H,23-26,28H2,(H,40,44)(H2,41,42,45). The molecule has 0 atom stereocenters. The van der Waals surface area contributed by atoms with Crippen molar-refractivity contribution in [2.45, 2.75) is 31.5 Å². The molecule has 0 radical (unpaired) electrons. The van der Waals surface area contributed by atoms with Gasteiger partial charge in [0.15, 0.2) is 0 Å². The molecule has 0 saturated carbocycles. The van der Waals surface area contributed by atoms with Gasteiger partial charge in [0.25, 0.3) is 5.91 Å². The van der Waals surface area contributed by atoms with Crippen molar-refractivity contribution in [3.8, 4) is 5.75 Å². The summed E-state index contributed by atoms with van der Waals surface area (Å²) in [7, 11) is 0. The van der Waals surface area contributed by atoms with Crippen LogP contribution >= 0.6 is 0 Å². The van der Waals surface area contributed by atoms with E-state index in [2.05, 4.69) is 45.1 Å². The number of likely N-dealkylation sites (tertiary alicyclic amines) is 1. The highest BCUT2D eigenvalue weighted by atomic mass is 16.5. The Kier molecular flexibility index (Phi) is 10.0. The van der Waals surface area contributed by atoms with E-state index >= 15 is 0 Å². The van der Waals surface area contributed by atoms with Gasteiger partial charge < -0.3 is 20.7 Å². The molecule has 0 aromatic heterocycles. The Bertz CT molecular complexity index is 1670. The van der Waals surface area contributed by atoms with Gasteiger partial charge in [0.1, 0.15) is 11.9 Å².